The summed E-state index contributed by atoms with van der Waals surface area (Å²) in [5.74, 6) is 2.56. The molecule has 4 aliphatic carbocycles. The molecular weight excluding hydrogens is 406 g/mol. The average Bonchev–Trinajstić information content (AvgIpc) is 3.08. The van der Waals surface area contributed by atoms with Crippen LogP contribution in [0.4, 0.5) is 5.69 Å². The maximum absolute atomic E-state index is 12.6. The number of fused-ring (bicyclic) bond motifs is 5. The summed E-state index contributed by atoms with van der Waals surface area (Å²) in [5.41, 5.74) is 0.526. The minimum atomic E-state index is -0.470. The highest BCUT2D eigenvalue weighted by atomic mass is 16.6. The van der Waals surface area contributed by atoms with Crippen LogP contribution in [0.2, 0.25) is 0 Å². The topological polar surface area (TPSA) is 86.5 Å². The molecule has 0 aliphatic heterocycles. The first-order chi connectivity index (χ1) is 15.2. The van der Waals surface area contributed by atoms with Crippen molar-refractivity contribution in [2.24, 2.45) is 34.5 Å². The number of carbonyl (C=O) groups excluding carboxylic acids is 2. The fraction of sp³-hybridized carbons (Fsp3) is 0.692. The predicted octanol–water partition coefficient (Wildman–Crippen LogP) is 5.73. The summed E-state index contributed by atoms with van der Waals surface area (Å²) in [5, 5.41) is 10.8. The molecule has 0 heterocycles. The van der Waals surface area contributed by atoms with Crippen LogP contribution in [0.3, 0.4) is 0 Å². The van der Waals surface area contributed by atoms with E-state index in [4.69, 9.17) is 4.74 Å². The Balaban J connectivity index is 1.25. The largest absolute Gasteiger partial charge is 0.459 e. The molecule has 0 aromatic heterocycles. The molecule has 32 heavy (non-hydrogen) atoms. The van der Waals surface area contributed by atoms with E-state index in [2.05, 4.69) is 13.8 Å². The second-order valence-corrected chi connectivity index (χ2v) is 11.2. The summed E-state index contributed by atoms with van der Waals surface area (Å²) in [6, 6.07) is 5.64. The fourth-order valence-electron chi connectivity index (χ4n) is 8.04. The lowest BCUT2D eigenvalue weighted by Gasteiger charge is -2.60. The lowest BCUT2D eigenvalue weighted by atomic mass is 9.45. The van der Waals surface area contributed by atoms with E-state index in [1.54, 1.807) is 0 Å². The van der Waals surface area contributed by atoms with Gasteiger partial charge in [-0.3, -0.25) is 14.9 Å². The number of hydrogen-bond acceptors (Lipinski definition) is 5. The fourth-order valence-corrected chi connectivity index (χ4v) is 8.04. The third-order valence-electron chi connectivity index (χ3n) is 9.91. The van der Waals surface area contributed by atoms with Gasteiger partial charge in [0.1, 0.15) is 11.9 Å². The van der Waals surface area contributed by atoms with Crippen molar-refractivity contribution in [3.8, 4) is 0 Å². The highest BCUT2D eigenvalue weighted by molar-refractivity contribution is 5.89. The highest BCUT2D eigenvalue weighted by Gasteiger charge is 2.60. The van der Waals surface area contributed by atoms with Crippen LogP contribution in [0, 0.1) is 44.6 Å². The molecule has 0 N–H and O–H groups in total. The molecule has 1 aromatic carbocycles. The summed E-state index contributed by atoms with van der Waals surface area (Å²) >= 11 is 0. The van der Waals surface area contributed by atoms with Gasteiger partial charge < -0.3 is 4.74 Å². The van der Waals surface area contributed by atoms with Crippen LogP contribution < -0.4 is 0 Å². The zero-order valence-electron chi connectivity index (χ0n) is 19.0. The van der Waals surface area contributed by atoms with Gasteiger partial charge in [-0.1, -0.05) is 13.8 Å². The van der Waals surface area contributed by atoms with Gasteiger partial charge in [0.05, 0.1) is 10.5 Å². The molecule has 0 unspecified atom stereocenters. The van der Waals surface area contributed by atoms with Gasteiger partial charge in [-0.2, -0.15) is 0 Å². The Hall–Kier alpha value is -2.24. The molecule has 0 spiro atoms. The number of ether oxygens (including phenoxy) is 1. The van der Waals surface area contributed by atoms with Gasteiger partial charge in [0.15, 0.2) is 0 Å². The SMILES string of the molecule is C[C@]12CC[C@@H](OC(=O)c3ccc([N+](=O)[O-])cc3)C[C@H]1CC[C@@H]1[C@@H]2CC[C@]2(C)C(=O)CC[C@@H]12. The molecule has 0 amide bonds. The van der Waals surface area contributed by atoms with Crippen molar-refractivity contribution < 1.29 is 19.2 Å². The molecule has 172 valence electrons. The van der Waals surface area contributed by atoms with Gasteiger partial charge >= 0.3 is 5.97 Å². The minimum absolute atomic E-state index is 0.0284. The van der Waals surface area contributed by atoms with E-state index >= 15 is 0 Å². The maximum Gasteiger partial charge on any atom is 0.338 e. The molecule has 1 aromatic rings. The Kier molecular flexibility index (Phi) is 5.18. The van der Waals surface area contributed by atoms with Crippen LogP contribution in [0.5, 0.6) is 0 Å². The second kappa shape index (κ2) is 7.67. The quantitative estimate of drug-likeness (QED) is 0.341. The molecule has 0 saturated heterocycles. The van der Waals surface area contributed by atoms with Crippen molar-refractivity contribution in [1.82, 2.24) is 0 Å². The number of ketones is 1. The maximum atomic E-state index is 12.6. The van der Waals surface area contributed by atoms with Crippen molar-refractivity contribution in [3.05, 3.63) is 39.9 Å². The minimum Gasteiger partial charge on any atom is -0.459 e. The summed E-state index contributed by atoms with van der Waals surface area (Å²) in [7, 11) is 0. The normalized spacial score (nSPS) is 40.7. The van der Waals surface area contributed by atoms with Crippen LogP contribution in [0.25, 0.3) is 0 Å². The van der Waals surface area contributed by atoms with Gasteiger partial charge in [0.2, 0.25) is 0 Å². The Morgan fingerprint density at radius 2 is 1.78 bits per heavy atom. The molecule has 5 rings (SSSR count). The van der Waals surface area contributed by atoms with Gasteiger partial charge in [0.25, 0.3) is 5.69 Å². The standard InChI is InChI=1S/C26H33NO5/c1-25-13-11-19(32-24(29)16-3-6-18(7-4-16)27(30)31)15-17(25)5-8-20-21-9-10-23(28)26(21,2)14-12-22(20)25/h3-4,6-7,17,19-22H,5,8-15H2,1-2H3/t17-,19-,20+,21+,22+,25+,26+/m1/s1. The summed E-state index contributed by atoms with van der Waals surface area (Å²) in [4.78, 5) is 35.6. The van der Waals surface area contributed by atoms with Crippen molar-refractivity contribution in [2.75, 3.05) is 0 Å². The van der Waals surface area contributed by atoms with Crippen molar-refractivity contribution in [2.45, 2.75) is 77.7 Å². The van der Waals surface area contributed by atoms with Crippen LogP contribution in [-0.4, -0.2) is 22.8 Å². The molecule has 4 saturated carbocycles. The predicted molar refractivity (Wildman–Crippen MR) is 119 cm³/mol. The third-order valence-corrected chi connectivity index (χ3v) is 9.91. The second-order valence-electron chi connectivity index (χ2n) is 11.2. The number of nitrogens with zero attached hydrogens (tertiary/aromatic N) is 1. The Labute approximate surface area is 189 Å². The number of nitro groups is 1. The summed E-state index contributed by atoms with van der Waals surface area (Å²) in [6.07, 6.45) is 9.14. The van der Waals surface area contributed by atoms with Gasteiger partial charge in [-0.15, -0.1) is 0 Å². The molecule has 0 bridgehead atoms. The number of carbonyl (C=O) groups is 2. The van der Waals surface area contributed by atoms with E-state index in [9.17, 15) is 19.7 Å². The molecular formula is C26H33NO5. The molecule has 0 radical (unpaired) electrons. The monoisotopic (exact) mass is 439 g/mol. The Morgan fingerprint density at radius 1 is 1.03 bits per heavy atom. The number of hydrogen-bond donors (Lipinski definition) is 0. The van der Waals surface area contributed by atoms with Gasteiger partial charge in [-0.05, 0) is 92.6 Å². The lowest BCUT2D eigenvalue weighted by molar-refractivity contribution is -0.384. The van der Waals surface area contributed by atoms with Crippen LogP contribution in [0.15, 0.2) is 24.3 Å². The van der Waals surface area contributed by atoms with E-state index < -0.39 is 4.92 Å². The molecule has 6 heteroatoms. The molecule has 7 atom stereocenters. The van der Waals surface area contributed by atoms with Crippen LogP contribution in [-0.2, 0) is 9.53 Å². The van der Waals surface area contributed by atoms with E-state index in [-0.39, 0.29) is 28.6 Å². The van der Waals surface area contributed by atoms with Crippen LogP contribution >= 0.6 is 0 Å². The third kappa shape index (κ3) is 3.29. The lowest BCUT2D eigenvalue weighted by Crippen LogP contribution is -2.54. The van der Waals surface area contributed by atoms with E-state index in [1.165, 1.54) is 30.7 Å². The van der Waals surface area contributed by atoms with Crippen molar-refractivity contribution >= 4 is 17.4 Å². The Morgan fingerprint density at radius 3 is 2.50 bits per heavy atom. The zero-order chi connectivity index (χ0) is 22.7. The van der Waals surface area contributed by atoms with Crippen molar-refractivity contribution in [3.63, 3.8) is 0 Å². The van der Waals surface area contributed by atoms with Crippen molar-refractivity contribution in [1.29, 1.82) is 0 Å². The van der Waals surface area contributed by atoms with E-state index in [1.807, 2.05) is 0 Å². The first-order valence-corrected chi connectivity index (χ1v) is 12.2. The first kappa shape index (κ1) is 21.6. The van der Waals surface area contributed by atoms with Gasteiger partial charge in [-0.25, -0.2) is 4.79 Å². The van der Waals surface area contributed by atoms with Gasteiger partial charge in [0, 0.05) is 24.0 Å². The number of nitro benzene ring substituents is 1. The molecule has 6 nitrogen and oxygen atoms in total. The van der Waals surface area contributed by atoms with Crippen LogP contribution in [0.1, 0.15) is 82.0 Å². The number of esters is 1. The number of benzene rings is 1. The molecule has 4 fully saturated rings. The highest BCUT2D eigenvalue weighted by Crippen LogP contribution is 2.65. The number of Topliss-reactive ketones (excluding diaryl/α,β-unsaturated/α-hetero) is 1. The summed E-state index contributed by atoms with van der Waals surface area (Å²) in [6.45, 7) is 4.69. The molecule has 4 aliphatic rings. The number of rotatable bonds is 3. The van der Waals surface area contributed by atoms with E-state index in [0.717, 1.165) is 51.4 Å². The summed E-state index contributed by atoms with van der Waals surface area (Å²) < 4.78 is 5.85. The first-order valence-electron chi connectivity index (χ1n) is 12.2. The zero-order valence-corrected chi connectivity index (χ0v) is 19.0. The average molecular weight is 440 g/mol. The number of non-ortho nitro benzene ring substituents is 1. The Bertz CT molecular complexity index is 942. The smallest absolute Gasteiger partial charge is 0.338 e. The van der Waals surface area contributed by atoms with E-state index in [0.29, 0.717) is 35.0 Å².